The number of aryl methyl sites for hydroxylation is 1. The van der Waals surface area contributed by atoms with Crippen molar-refractivity contribution in [2.24, 2.45) is 0 Å². The molecule has 0 aliphatic heterocycles. The number of hydrogen-bond donors (Lipinski definition) is 3. The zero-order valence-electron chi connectivity index (χ0n) is 21.8. The number of rotatable bonds is 8. The Balaban J connectivity index is 1.22. The van der Waals surface area contributed by atoms with Crippen LogP contribution in [-0.4, -0.2) is 53.5 Å². The van der Waals surface area contributed by atoms with Crippen molar-refractivity contribution in [3.8, 4) is 5.82 Å². The van der Waals surface area contributed by atoms with Crippen molar-refractivity contribution in [3.05, 3.63) is 70.9 Å². The first kappa shape index (κ1) is 26.7. The van der Waals surface area contributed by atoms with Crippen molar-refractivity contribution in [3.63, 3.8) is 0 Å². The summed E-state index contributed by atoms with van der Waals surface area (Å²) in [6, 6.07) is 5.11. The van der Waals surface area contributed by atoms with Crippen LogP contribution in [0.2, 0.25) is 5.02 Å². The zero-order valence-corrected chi connectivity index (χ0v) is 22.5. The van der Waals surface area contributed by atoms with E-state index in [0.29, 0.717) is 54.0 Å². The van der Waals surface area contributed by atoms with Gasteiger partial charge >= 0.3 is 0 Å². The van der Waals surface area contributed by atoms with Crippen LogP contribution in [0.15, 0.2) is 43.0 Å². The lowest BCUT2D eigenvalue weighted by molar-refractivity contribution is -0.148. The van der Waals surface area contributed by atoms with Gasteiger partial charge in [-0.25, -0.2) is 24.0 Å². The minimum atomic E-state index is -0.954. The van der Waals surface area contributed by atoms with E-state index in [-0.39, 0.29) is 17.9 Å². The Bertz CT molecular complexity index is 1450. The molecule has 0 radical (unpaired) electrons. The number of methoxy groups -OCH3 is 1. The minimum Gasteiger partial charge on any atom is -0.368 e. The molecule has 1 aliphatic rings. The van der Waals surface area contributed by atoms with E-state index in [4.69, 9.17) is 16.3 Å². The van der Waals surface area contributed by atoms with Crippen LogP contribution in [0, 0.1) is 12.7 Å². The maximum atomic E-state index is 13.4. The van der Waals surface area contributed by atoms with Gasteiger partial charge in [-0.05, 0) is 51.2 Å². The van der Waals surface area contributed by atoms with Gasteiger partial charge in [-0.1, -0.05) is 17.7 Å². The predicted molar refractivity (Wildman–Crippen MR) is 142 cm³/mol. The molecule has 204 valence electrons. The Morgan fingerprint density at radius 1 is 1.26 bits per heavy atom. The summed E-state index contributed by atoms with van der Waals surface area (Å²) in [4.78, 5) is 26.8. The summed E-state index contributed by atoms with van der Waals surface area (Å²) in [5.41, 5.74) is 0.768. The number of anilines is 2. The van der Waals surface area contributed by atoms with Gasteiger partial charge in [0.1, 0.15) is 16.4 Å². The molecule has 0 unspecified atom stereocenters. The number of aromatic amines is 1. The minimum absolute atomic E-state index is 0.0566. The number of nitrogens with one attached hydrogen (secondary N) is 3. The van der Waals surface area contributed by atoms with Gasteiger partial charge < -0.3 is 15.4 Å². The van der Waals surface area contributed by atoms with Crippen LogP contribution in [0.1, 0.15) is 61.6 Å². The van der Waals surface area contributed by atoms with E-state index < -0.39 is 11.4 Å². The number of carbonyl (C=O) groups is 1. The van der Waals surface area contributed by atoms with Crippen LogP contribution in [0.25, 0.3) is 5.82 Å². The molecule has 0 bridgehead atoms. The van der Waals surface area contributed by atoms with Crippen molar-refractivity contribution in [2.75, 3.05) is 12.4 Å². The third-order valence-electron chi connectivity index (χ3n) is 7.08. The fourth-order valence-corrected chi connectivity index (χ4v) is 4.90. The molecule has 39 heavy (non-hydrogen) atoms. The van der Waals surface area contributed by atoms with Crippen molar-refractivity contribution in [1.29, 1.82) is 0 Å². The summed E-state index contributed by atoms with van der Waals surface area (Å²) in [6.45, 7) is 3.79. The van der Waals surface area contributed by atoms with E-state index in [9.17, 15) is 9.18 Å². The first-order valence-corrected chi connectivity index (χ1v) is 13.0. The van der Waals surface area contributed by atoms with Gasteiger partial charge in [0.15, 0.2) is 23.3 Å². The van der Waals surface area contributed by atoms with Crippen LogP contribution in [0.5, 0.6) is 0 Å². The average Bonchev–Trinajstić information content (AvgIpc) is 3.57. The Labute approximate surface area is 229 Å². The fourth-order valence-electron chi connectivity index (χ4n) is 4.76. The van der Waals surface area contributed by atoms with Gasteiger partial charge in [0, 0.05) is 31.0 Å². The highest BCUT2D eigenvalue weighted by atomic mass is 35.5. The van der Waals surface area contributed by atoms with Crippen LogP contribution < -0.4 is 10.6 Å². The van der Waals surface area contributed by atoms with E-state index in [1.807, 2.05) is 26.0 Å². The number of ether oxygens (including phenoxy) is 1. The summed E-state index contributed by atoms with van der Waals surface area (Å²) in [5.74, 6) is 1.69. The monoisotopic (exact) mass is 553 g/mol. The lowest BCUT2D eigenvalue weighted by Crippen LogP contribution is -2.50. The zero-order chi connectivity index (χ0) is 27.6. The van der Waals surface area contributed by atoms with Gasteiger partial charge in [0.05, 0.1) is 24.6 Å². The van der Waals surface area contributed by atoms with E-state index in [1.54, 1.807) is 25.6 Å². The third kappa shape index (κ3) is 5.76. The molecule has 3 N–H and O–H groups in total. The molecular formula is C26H29ClFN9O2. The summed E-state index contributed by atoms with van der Waals surface area (Å²) >= 11 is 6.32. The van der Waals surface area contributed by atoms with Crippen LogP contribution in [-0.2, 0) is 9.53 Å². The first-order valence-electron chi connectivity index (χ1n) is 12.6. The highest BCUT2D eigenvalue weighted by Crippen LogP contribution is 2.40. The molecule has 4 aromatic heterocycles. The molecule has 1 amide bonds. The number of H-pyrrole nitrogens is 1. The van der Waals surface area contributed by atoms with E-state index in [1.165, 1.54) is 10.9 Å². The number of aromatic nitrogens is 7. The third-order valence-corrected chi connectivity index (χ3v) is 7.36. The van der Waals surface area contributed by atoms with Gasteiger partial charge in [-0.15, -0.1) is 0 Å². The number of carbonyl (C=O) groups excluding carboxylic acids is 1. The number of amides is 1. The first-order chi connectivity index (χ1) is 18.8. The normalized spacial score (nSPS) is 20.0. The van der Waals surface area contributed by atoms with Crippen LogP contribution >= 0.6 is 11.6 Å². The van der Waals surface area contributed by atoms with E-state index in [0.717, 1.165) is 17.5 Å². The lowest BCUT2D eigenvalue weighted by Gasteiger charge is -2.38. The molecule has 1 fully saturated rings. The second-order valence-corrected chi connectivity index (χ2v) is 10.1. The number of hydrogen-bond acceptors (Lipinski definition) is 8. The van der Waals surface area contributed by atoms with Gasteiger partial charge in [0.2, 0.25) is 0 Å². The highest BCUT2D eigenvalue weighted by Gasteiger charge is 2.43. The molecule has 1 atom stereocenters. The predicted octanol–water partition coefficient (Wildman–Crippen LogP) is 4.55. The fraction of sp³-hybridized carbons (Fsp3) is 0.385. The van der Waals surface area contributed by atoms with Crippen molar-refractivity contribution >= 4 is 29.1 Å². The number of halogens is 2. The summed E-state index contributed by atoms with van der Waals surface area (Å²) in [5, 5.41) is 17.6. The largest absolute Gasteiger partial charge is 0.368 e. The second-order valence-electron chi connectivity index (χ2n) is 9.71. The van der Waals surface area contributed by atoms with Crippen molar-refractivity contribution in [1.82, 2.24) is 40.2 Å². The van der Waals surface area contributed by atoms with Gasteiger partial charge in [0.25, 0.3) is 5.91 Å². The van der Waals surface area contributed by atoms with Crippen molar-refractivity contribution in [2.45, 2.75) is 57.1 Å². The molecule has 11 nitrogen and oxygen atoms in total. The van der Waals surface area contributed by atoms with Crippen LogP contribution in [0.4, 0.5) is 16.0 Å². The molecule has 1 saturated carbocycles. The standard InChI is InChI=1S/C26H29ClFN9O2/c1-15-10-21(36-35-15)33-24-20(27)13-30-23(34-24)17-6-8-26(39-3,9-7-17)25(38)32-16(2)18-4-5-22(29-11-18)37-14-19(28)12-31-37/h4-5,10-14,16-17H,6-9H2,1-3H3,(H,32,38)(H2,30,33,34,35,36)/t16-,17?,26?/m0/s1. The Morgan fingerprint density at radius 2 is 2.05 bits per heavy atom. The summed E-state index contributed by atoms with van der Waals surface area (Å²) in [7, 11) is 1.57. The van der Waals surface area contributed by atoms with E-state index >= 15 is 0 Å². The molecule has 0 spiro atoms. The molecule has 4 heterocycles. The Morgan fingerprint density at radius 3 is 2.67 bits per heavy atom. The van der Waals surface area contributed by atoms with Crippen LogP contribution in [0.3, 0.4) is 0 Å². The van der Waals surface area contributed by atoms with Gasteiger partial charge in [-0.2, -0.15) is 10.2 Å². The Kier molecular flexibility index (Phi) is 7.58. The van der Waals surface area contributed by atoms with Gasteiger partial charge in [-0.3, -0.25) is 9.89 Å². The topological polar surface area (TPSA) is 136 Å². The van der Waals surface area contributed by atoms with Crippen molar-refractivity contribution < 1.29 is 13.9 Å². The number of pyridine rings is 1. The molecule has 5 rings (SSSR count). The molecule has 1 aliphatic carbocycles. The molecular weight excluding hydrogens is 525 g/mol. The lowest BCUT2D eigenvalue weighted by atomic mass is 9.77. The average molecular weight is 554 g/mol. The SMILES string of the molecule is COC1(C(=O)N[C@@H](C)c2ccc(-n3cc(F)cn3)nc2)CCC(c2ncc(Cl)c(Nc3cc(C)[nH]n3)n2)CC1. The summed E-state index contributed by atoms with van der Waals surface area (Å²) in [6.07, 6.45) is 7.98. The second kappa shape index (κ2) is 11.1. The quantitative estimate of drug-likeness (QED) is 0.289. The molecule has 0 aromatic carbocycles. The maximum absolute atomic E-state index is 13.4. The highest BCUT2D eigenvalue weighted by molar-refractivity contribution is 6.32. The maximum Gasteiger partial charge on any atom is 0.252 e. The number of nitrogens with zero attached hydrogens (tertiary/aromatic N) is 6. The molecule has 4 aromatic rings. The smallest absolute Gasteiger partial charge is 0.252 e. The Hall–Kier alpha value is -3.90. The summed E-state index contributed by atoms with van der Waals surface area (Å²) < 4.78 is 20.4. The molecule has 13 heteroatoms. The molecule has 0 saturated heterocycles. The van der Waals surface area contributed by atoms with E-state index in [2.05, 4.69) is 40.9 Å².